The molecule has 0 radical (unpaired) electrons. The summed E-state index contributed by atoms with van der Waals surface area (Å²) in [5.74, 6) is -1.34. The Balaban J connectivity index is 1.56. The second kappa shape index (κ2) is 9.61. The van der Waals surface area contributed by atoms with Gasteiger partial charge in [-0.25, -0.2) is 0 Å². The first kappa shape index (κ1) is 22.8. The van der Waals surface area contributed by atoms with E-state index in [0.717, 1.165) is 5.56 Å². The number of ketones is 1. The lowest BCUT2D eigenvalue weighted by Crippen LogP contribution is -2.11. The summed E-state index contributed by atoms with van der Waals surface area (Å²) in [7, 11) is 0. The maximum absolute atomic E-state index is 13.2. The molecule has 0 aliphatic carbocycles. The van der Waals surface area contributed by atoms with Crippen LogP contribution in [0.15, 0.2) is 72.9 Å². The lowest BCUT2D eigenvalue weighted by Gasteiger charge is -2.13. The van der Waals surface area contributed by atoms with Crippen LogP contribution in [0.4, 0.5) is 0 Å². The molecular formula is C26H19Cl2NO4. The van der Waals surface area contributed by atoms with E-state index in [1.165, 1.54) is 6.20 Å². The van der Waals surface area contributed by atoms with Gasteiger partial charge in [-0.05, 0) is 59.8 Å². The van der Waals surface area contributed by atoms with Crippen molar-refractivity contribution in [3.05, 3.63) is 105 Å². The molecule has 166 valence electrons. The summed E-state index contributed by atoms with van der Waals surface area (Å²) >= 11 is 12.0. The van der Waals surface area contributed by atoms with Crippen LogP contribution >= 0.6 is 23.2 Å². The van der Waals surface area contributed by atoms with E-state index in [1.807, 2.05) is 18.2 Å². The highest BCUT2D eigenvalue weighted by molar-refractivity contribution is 6.42. The van der Waals surface area contributed by atoms with Gasteiger partial charge in [-0.1, -0.05) is 53.5 Å². The highest BCUT2D eigenvalue weighted by atomic mass is 35.5. The number of rotatable bonds is 7. The maximum atomic E-state index is 13.2. The zero-order valence-electron chi connectivity index (χ0n) is 17.6. The summed E-state index contributed by atoms with van der Waals surface area (Å²) in [5.41, 5.74) is 2.17. The van der Waals surface area contributed by atoms with Crippen LogP contribution in [0.5, 0.6) is 5.75 Å². The van der Waals surface area contributed by atoms with Crippen LogP contribution in [-0.4, -0.2) is 21.8 Å². The first-order valence-electron chi connectivity index (χ1n) is 10.2. The van der Waals surface area contributed by atoms with Gasteiger partial charge in [0.15, 0.2) is 0 Å². The van der Waals surface area contributed by atoms with Gasteiger partial charge in [-0.15, -0.1) is 0 Å². The predicted molar refractivity (Wildman–Crippen MR) is 128 cm³/mol. The van der Waals surface area contributed by atoms with Crippen molar-refractivity contribution in [2.75, 3.05) is 0 Å². The van der Waals surface area contributed by atoms with Gasteiger partial charge in [0.05, 0.1) is 16.0 Å². The molecule has 5 nitrogen and oxygen atoms in total. The number of aliphatic carboxylic acids is 1. The summed E-state index contributed by atoms with van der Waals surface area (Å²) in [5, 5.41) is 11.7. The molecule has 1 unspecified atom stereocenters. The third-order valence-corrected chi connectivity index (χ3v) is 6.12. The van der Waals surface area contributed by atoms with Crippen LogP contribution in [0.2, 0.25) is 10.0 Å². The van der Waals surface area contributed by atoms with Crippen LogP contribution in [0, 0.1) is 0 Å². The second-order valence-electron chi connectivity index (χ2n) is 7.56. The first-order chi connectivity index (χ1) is 15.8. The number of carboxylic acid groups (broad SMARTS) is 1. The molecule has 0 saturated carbocycles. The van der Waals surface area contributed by atoms with E-state index in [-0.39, 0.29) is 11.5 Å². The lowest BCUT2D eigenvalue weighted by atomic mass is 9.94. The van der Waals surface area contributed by atoms with Crippen LogP contribution in [0.1, 0.15) is 40.0 Å². The number of halogens is 2. The number of pyridine rings is 1. The number of nitrogens with zero attached hydrogens (tertiary/aromatic N) is 1. The molecule has 0 aliphatic rings. The van der Waals surface area contributed by atoms with Crippen LogP contribution < -0.4 is 4.74 Å². The number of aromatic nitrogens is 1. The Labute approximate surface area is 200 Å². The van der Waals surface area contributed by atoms with Crippen molar-refractivity contribution in [3.63, 3.8) is 0 Å². The number of hydrogen-bond donors (Lipinski definition) is 1. The van der Waals surface area contributed by atoms with Crippen LogP contribution in [0.3, 0.4) is 0 Å². The molecule has 1 atom stereocenters. The van der Waals surface area contributed by atoms with Crippen molar-refractivity contribution in [1.29, 1.82) is 0 Å². The van der Waals surface area contributed by atoms with Gasteiger partial charge in [0.1, 0.15) is 18.1 Å². The van der Waals surface area contributed by atoms with E-state index in [1.54, 1.807) is 55.5 Å². The van der Waals surface area contributed by atoms with Gasteiger partial charge >= 0.3 is 5.97 Å². The van der Waals surface area contributed by atoms with E-state index in [0.29, 0.717) is 44.3 Å². The van der Waals surface area contributed by atoms with E-state index >= 15 is 0 Å². The zero-order valence-corrected chi connectivity index (χ0v) is 19.1. The Morgan fingerprint density at radius 2 is 1.67 bits per heavy atom. The Hall–Kier alpha value is -3.41. The van der Waals surface area contributed by atoms with E-state index in [4.69, 9.17) is 27.9 Å². The first-order valence-corrected chi connectivity index (χ1v) is 10.9. The molecule has 33 heavy (non-hydrogen) atoms. The number of carboxylic acids is 1. The molecule has 1 N–H and O–H groups in total. The molecule has 7 heteroatoms. The number of benzene rings is 3. The molecule has 0 saturated heterocycles. The summed E-state index contributed by atoms with van der Waals surface area (Å²) in [6.45, 7) is 1.91. The molecule has 0 spiro atoms. The van der Waals surface area contributed by atoms with Crippen molar-refractivity contribution < 1.29 is 19.4 Å². The minimum atomic E-state index is -0.947. The van der Waals surface area contributed by atoms with Crippen molar-refractivity contribution in [2.45, 2.75) is 19.4 Å². The molecule has 0 fully saturated rings. The van der Waals surface area contributed by atoms with Crippen molar-refractivity contribution in [1.82, 2.24) is 4.98 Å². The van der Waals surface area contributed by atoms with Crippen molar-refractivity contribution in [2.24, 2.45) is 0 Å². The topological polar surface area (TPSA) is 76.5 Å². The van der Waals surface area contributed by atoms with Crippen molar-refractivity contribution >= 4 is 45.7 Å². The van der Waals surface area contributed by atoms with Gasteiger partial charge in [-0.2, -0.15) is 0 Å². The van der Waals surface area contributed by atoms with E-state index < -0.39 is 11.9 Å². The maximum Gasteiger partial charge on any atom is 0.310 e. The molecule has 1 aromatic heterocycles. The number of carbonyl (C=O) groups is 2. The van der Waals surface area contributed by atoms with E-state index in [9.17, 15) is 14.7 Å². The summed E-state index contributed by atoms with van der Waals surface area (Å²) in [6, 6.07) is 19.3. The molecule has 3 aromatic carbocycles. The fourth-order valence-corrected chi connectivity index (χ4v) is 3.83. The average Bonchev–Trinajstić information content (AvgIpc) is 2.83. The highest BCUT2D eigenvalue weighted by Gasteiger charge is 2.21. The third kappa shape index (κ3) is 4.85. The Bertz CT molecular complexity index is 1350. The van der Waals surface area contributed by atoms with Crippen LogP contribution in [-0.2, 0) is 11.4 Å². The molecule has 4 rings (SSSR count). The highest BCUT2D eigenvalue weighted by Crippen LogP contribution is 2.29. The second-order valence-corrected chi connectivity index (χ2v) is 8.37. The monoisotopic (exact) mass is 479 g/mol. The largest absolute Gasteiger partial charge is 0.489 e. The predicted octanol–water partition coefficient (Wildman–Crippen LogP) is 6.54. The molecule has 4 aromatic rings. The Morgan fingerprint density at radius 1 is 0.970 bits per heavy atom. The van der Waals surface area contributed by atoms with Crippen molar-refractivity contribution in [3.8, 4) is 5.75 Å². The summed E-state index contributed by atoms with van der Waals surface area (Å²) < 4.78 is 5.78. The normalized spacial score (nSPS) is 11.8. The van der Waals surface area contributed by atoms with E-state index in [2.05, 4.69) is 4.98 Å². The SMILES string of the molecule is CC(C(=O)O)c1cnc(C(=O)c2ccc(OCc3ccc(Cl)c(Cl)c3)cc2)c2ccccc12. The fourth-order valence-electron chi connectivity index (χ4n) is 3.51. The van der Waals surface area contributed by atoms with Gasteiger partial charge < -0.3 is 9.84 Å². The smallest absolute Gasteiger partial charge is 0.310 e. The van der Waals surface area contributed by atoms with Gasteiger partial charge in [-0.3, -0.25) is 14.6 Å². The minimum Gasteiger partial charge on any atom is -0.489 e. The third-order valence-electron chi connectivity index (χ3n) is 5.38. The number of fused-ring (bicyclic) bond motifs is 1. The number of ether oxygens (including phenoxy) is 1. The van der Waals surface area contributed by atoms with Gasteiger partial charge in [0.2, 0.25) is 5.78 Å². The Morgan fingerprint density at radius 3 is 2.33 bits per heavy atom. The van der Waals surface area contributed by atoms with Gasteiger partial charge in [0.25, 0.3) is 0 Å². The lowest BCUT2D eigenvalue weighted by molar-refractivity contribution is -0.138. The summed E-state index contributed by atoms with van der Waals surface area (Å²) in [4.78, 5) is 29.0. The van der Waals surface area contributed by atoms with Gasteiger partial charge in [0, 0.05) is 17.1 Å². The number of carbonyl (C=O) groups excluding carboxylic acids is 1. The standard InChI is InChI=1S/C26H19Cl2NO4/c1-15(26(31)32)21-13-29-24(20-5-3-2-4-19(20)21)25(30)17-7-9-18(10-8-17)33-14-16-6-11-22(27)23(28)12-16/h2-13,15H,14H2,1H3,(H,31,32). The zero-order chi connectivity index (χ0) is 23.5. The minimum absolute atomic E-state index is 0.253. The van der Waals surface area contributed by atoms with Crippen LogP contribution in [0.25, 0.3) is 10.8 Å². The molecule has 0 amide bonds. The molecule has 1 heterocycles. The molecular weight excluding hydrogens is 461 g/mol. The molecule has 0 aliphatic heterocycles. The molecule has 0 bridgehead atoms. The quantitative estimate of drug-likeness (QED) is 0.304. The fraction of sp³-hybridized carbons (Fsp3) is 0.115. The Kier molecular flexibility index (Phi) is 6.63. The number of hydrogen-bond acceptors (Lipinski definition) is 4. The average molecular weight is 480 g/mol. The summed E-state index contributed by atoms with van der Waals surface area (Å²) in [6.07, 6.45) is 1.48.